The highest BCUT2D eigenvalue weighted by Crippen LogP contribution is 2.44. The molecule has 14 rings (SSSR count). The van der Waals surface area contributed by atoms with E-state index in [0.717, 1.165) is 66.9 Å². The summed E-state index contributed by atoms with van der Waals surface area (Å²) < 4.78 is 11.6. The summed E-state index contributed by atoms with van der Waals surface area (Å²) in [6.45, 7) is 0. The van der Waals surface area contributed by atoms with Crippen molar-refractivity contribution >= 4 is 92.3 Å². The van der Waals surface area contributed by atoms with Crippen LogP contribution in [-0.4, -0.2) is 4.57 Å². The monoisotopic (exact) mass is 910 g/mol. The average Bonchev–Trinajstić information content (AvgIpc) is 4.12. The molecule has 14 aromatic rings. The van der Waals surface area contributed by atoms with Crippen LogP contribution in [0.5, 0.6) is 0 Å². The van der Waals surface area contributed by atoms with Crippen LogP contribution in [0.25, 0.3) is 114 Å². The van der Waals surface area contributed by atoms with E-state index < -0.39 is 0 Å². The lowest BCUT2D eigenvalue weighted by atomic mass is 9.98. The number of rotatable bonds is 8. The summed E-state index contributed by atoms with van der Waals surface area (Å²) in [4.78, 5) is 2.37. The van der Waals surface area contributed by atoms with Gasteiger partial charge >= 0.3 is 0 Å². The van der Waals surface area contributed by atoms with Crippen molar-refractivity contribution in [3.63, 3.8) is 0 Å². The summed E-state index contributed by atoms with van der Waals surface area (Å²) >= 11 is 1.87. The Kier molecular flexibility index (Phi) is 9.39. The summed E-state index contributed by atoms with van der Waals surface area (Å²) in [5.74, 6) is 0. The average molecular weight is 911 g/mol. The Labute approximate surface area is 409 Å². The van der Waals surface area contributed by atoms with E-state index in [0.29, 0.717) is 0 Å². The largest absolute Gasteiger partial charge is 0.455 e. The van der Waals surface area contributed by atoms with Gasteiger partial charge in [0, 0.05) is 70.0 Å². The van der Waals surface area contributed by atoms with Crippen molar-refractivity contribution in [2.45, 2.75) is 0 Å². The summed E-state index contributed by atoms with van der Waals surface area (Å²) in [5, 5.41) is 7.35. The zero-order valence-corrected chi connectivity index (χ0v) is 38.8. The van der Waals surface area contributed by atoms with Crippen LogP contribution in [-0.2, 0) is 0 Å². The number of aromatic nitrogens is 1. The highest BCUT2D eigenvalue weighted by molar-refractivity contribution is 7.26. The summed E-state index contributed by atoms with van der Waals surface area (Å²) in [7, 11) is 0. The fourth-order valence-electron chi connectivity index (χ4n) is 10.7. The highest BCUT2D eigenvalue weighted by atomic mass is 32.1. The number of nitrogens with zero attached hydrogens (tertiary/aromatic N) is 2. The van der Waals surface area contributed by atoms with Crippen LogP contribution in [0.2, 0.25) is 0 Å². The van der Waals surface area contributed by atoms with Crippen molar-refractivity contribution in [1.29, 1.82) is 0 Å². The van der Waals surface area contributed by atoms with Crippen molar-refractivity contribution in [3.8, 4) is 50.2 Å². The number of hydrogen-bond acceptors (Lipinski definition) is 3. The van der Waals surface area contributed by atoms with Gasteiger partial charge in [0.25, 0.3) is 0 Å². The molecule has 4 heteroatoms. The van der Waals surface area contributed by atoms with Gasteiger partial charge in [-0.15, -0.1) is 11.3 Å². The zero-order valence-electron chi connectivity index (χ0n) is 38.0. The molecule has 3 nitrogen and oxygen atoms in total. The third kappa shape index (κ3) is 6.57. The molecule has 3 heterocycles. The van der Waals surface area contributed by atoms with E-state index in [2.05, 4.69) is 264 Å². The smallest absolute Gasteiger partial charge is 0.143 e. The molecule has 0 aliphatic carbocycles. The molecule has 0 N–H and O–H groups in total. The van der Waals surface area contributed by atoms with Gasteiger partial charge in [-0.05, 0) is 118 Å². The fourth-order valence-corrected chi connectivity index (χ4v) is 12.0. The molecule has 0 spiro atoms. The first-order valence-corrected chi connectivity index (χ1v) is 24.6. The lowest BCUT2D eigenvalue weighted by Crippen LogP contribution is -2.09. The number of hydrogen-bond donors (Lipinski definition) is 0. The second-order valence-electron chi connectivity index (χ2n) is 18.0. The van der Waals surface area contributed by atoms with E-state index >= 15 is 0 Å². The van der Waals surface area contributed by atoms with Crippen molar-refractivity contribution in [1.82, 2.24) is 4.57 Å². The van der Waals surface area contributed by atoms with E-state index in [1.807, 2.05) is 11.3 Å². The normalized spacial score (nSPS) is 11.7. The molecule has 0 saturated carbocycles. The predicted molar refractivity (Wildman–Crippen MR) is 297 cm³/mol. The fraction of sp³-hybridized carbons (Fsp3) is 0. The summed E-state index contributed by atoms with van der Waals surface area (Å²) in [5.41, 5.74) is 18.0. The molecule has 0 aliphatic heterocycles. The van der Waals surface area contributed by atoms with E-state index in [1.54, 1.807) is 0 Å². The molecule has 0 amide bonds. The maximum absolute atomic E-state index is 6.54. The van der Waals surface area contributed by atoms with Gasteiger partial charge in [0.2, 0.25) is 0 Å². The van der Waals surface area contributed by atoms with Crippen LogP contribution in [0.4, 0.5) is 17.1 Å². The molecule has 0 bridgehead atoms. The third-order valence-electron chi connectivity index (χ3n) is 14.0. The van der Waals surface area contributed by atoms with Gasteiger partial charge in [0.1, 0.15) is 11.2 Å². The lowest BCUT2D eigenvalue weighted by molar-refractivity contribution is 0.670. The molecule has 0 atom stereocenters. The quantitative estimate of drug-likeness (QED) is 0.151. The van der Waals surface area contributed by atoms with Crippen LogP contribution in [0, 0.1) is 0 Å². The van der Waals surface area contributed by atoms with Crippen molar-refractivity contribution < 1.29 is 4.42 Å². The Morgan fingerprint density at radius 2 is 0.871 bits per heavy atom. The van der Waals surface area contributed by atoms with Gasteiger partial charge in [-0.1, -0.05) is 176 Å². The summed E-state index contributed by atoms with van der Waals surface area (Å²) in [6, 6.07) is 92.2. The van der Waals surface area contributed by atoms with Crippen LogP contribution >= 0.6 is 11.3 Å². The Bertz CT molecular complexity index is 4260. The van der Waals surface area contributed by atoms with Crippen molar-refractivity contribution in [2.75, 3.05) is 4.90 Å². The van der Waals surface area contributed by atoms with Gasteiger partial charge in [-0.3, -0.25) is 0 Å². The zero-order chi connectivity index (χ0) is 46.1. The second kappa shape index (κ2) is 16.4. The maximum atomic E-state index is 6.54. The maximum Gasteiger partial charge on any atom is 0.143 e. The van der Waals surface area contributed by atoms with Crippen molar-refractivity contribution in [3.05, 3.63) is 255 Å². The molecule has 0 radical (unpaired) electrons. The predicted octanol–water partition coefficient (Wildman–Crippen LogP) is 19.2. The Balaban J connectivity index is 0.863. The lowest BCUT2D eigenvalue weighted by Gasteiger charge is -2.26. The minimum Gasteiger partial charge on any atom is -0.455 e. The van der Waals surface area contributed by atoms with Crippen molar-refractivity contribution in [2.24, 2.45) is 0 Å². The molecule has 3 aromatic heterocycles. The molecular weight excluding hydrogens is 869 g/mol. The molecule has 328 valence electrons. The highest BCUT2D eigenvalue weighted by Gasteiger charge is 2.19. The molecular formula is C66H42N2OS. The van der Waals surface area contributed by atoms with E-state index in [4.69, 9.17) is 4.42 Å². The molecule has 11 aromatic carbocycles. The molecule has 70 heavy (non-hydrogen) atoms. The summed E-state index contributed by atoms with van der Waals surface area (Å²) in [6.07, 6.45) is 0. The number of fused-ring (bicyclic) bond motifs is 9. The van der Waals surface area contributed by atoms with Crippen LogP contribution < -0.4 is 4.90 Å². The molecule has 0 unspecified atom stereocenters. The van der Waals surface area contributed by atoms with Crippen LogP contribution in [0.15, 0.2) is 259 Å². The van der Waals surface area contributed by atoms with E-state index in [-0.39, 0.29) is 0 Å². The van der Waals surface area contributed by atoms with E-state index in [9.17, 15) is 0 Å². The number of benzene rings is 11. The first-order chi connectivity index (χ1) is 34.7. The minimum atomic E-state index is 0.888. The Hall–Kier alpha value is -8.96. The SMILES string of the molecule is c1ccc(-c2cccc3c2oc2ccc(-c4ccc(N(c5ccc(-c6cccc7c6sc6ccccc67)cc5)c5ccc(-c6cccc7c6c6ccccc6n7-c6ccccc6)cc5)cc4)cc23)cc1. The topological polar surface area (TPSA) is 21.3 Å². The Morgan fingerprint density at radius 3 is 1.61 bits per heavy atom. The number of anilines is 3. The first-order valence-electron chi connectivity index (χ1n) is 23.8. The van der Waals surface area contributed by atoms with E-state index in [1.165, 1.54) is 64.2 Å². The standard InChI is InChI=1S/C66H42N2OS/c1-3-14-44(15-4-1)53-21-11-23-56-59-42-47(34-41-62(59)69-65(53)56)43-28-35-49(36-29-43)67(51-39-32-46(33-40-51)54-22-12-24-57-55-18-8-10-27-63(55)70-66(54)57)50-37-30-45(31-38-50)52-20-13-26-61-64(52)58-19-7-9-25-60(58)68(61)48-16-5-2-6-17-48/h1-42H. The van der Waals surface area contributed by atoms with Gasteiger partial charge in [0.15, 0.2) is 0 Å². The van der Waals surface area contributed by atoms with Gasteiger partial charge in [-0.2, -0.15) is 0 Å². The third-order valence-corrected chi connectivity index (χ3v) is 15.2. The van der Waals surface area contributed by atoms with Gasteiger partial charge in [0.05, 0.1) is 11.0 Å². The molecule has 0 fully saturated rings. The van der Waals surface area contributed by atoms with Crippen LogP contribution in [0.1, 0.15) is 0 Å². The first kappa shape index (κ1) is 40.1. The Morgan fingerprint density at radius 1 is 0.343 bits per heavy atom. The number of para-hydroxylation sites is 3. The minimum absolute atomic E-state index is 0.888. The number of furan rings is 1. The van der Waals surface area contributed by atoms with Crippen LogP contribution in [0.3, 0.4) is 0 Å². The van der Waals surface area contributed by atoms with Gasteiger partial charge < -0.3 is 13.9 Å². The molecule has 0 aliphatic rings. The second-order valence-corrected chi connectivity index (χ2v) is 19.1. The molecule has 0 saturated heterocycles. The van der Waals surface area contributed by atoms with Gasteiger partial charge in [-0.25, -0.2) is 0 Å². The number of thiophene rings is 1.